The fraction of sp³-hybridized carbons (Fsp3) is 0.412. The summed E-state index contributed by atoms with van der Waals surface area (Å²) in [5.74, 6) is -0.212. The van der Waals surface area contributed by atoms with Gasteiger partial charge in [-0.3, -0.25) is 9.69 Å². The van der Waals surface area contributed by atoms with Crippen molar-refractivity contribution >= 4 is 11.9 Å². The van der Waals surface area contributed by atoms with Crippen LogP contribution in [0.4, 0.5) is 4.79 Å². The highest BCUT2D eigenvalue weighted by molar-refractivity contribution is 6.05. The maximum atomic E-state index is 12.9. The number of nitrogens with one attached hydrogen (secondary N) is 1. The molecule has 24 heavy (non-hydrogen) atoms. The van der Waals surface area contributed by atoms with E-state index in [1.807, 2.05) is 39.8 Å². The van der Waals surface area contributed by atoms with Gasteiger partial charge in [0.1, 0.15) is 18.7 Å². The van der Waals surface area contributed by atoms with E-state index >= 15 is 0 Å². The molecule has 2 heterocycles. The second kappa shape index (κ2) is 6.07. The number of carbonyl (C=O) groups is 2. The highest BCUT2D eigenvalue weighted by Gasteiger charge is 2.42. The average Bonchev–Trinajstić information content (AvgIpc) is 3.07. The zero-order chi connectivity index (χ0) is 17.4. The van der Waals surface area contributed by atoms with Crippen LogP contribution in [0.15, 0.2) is 24.8 Å². The molecule has 2 atom stereocenters. The second-order valence-electron chi connectivity index (χ2n) is 6.41. The Morgan fingerprint density at radius 2 is 1.71 bits per heavy atom. The summed E-state index contributed by atoms with van der Waals surface area (Å²) < 4.78 is 1.75. The number of hydrogen-bond donors (Lipinski definition) is 1. The molecule has 2 aromatic rings. The lowest BCUT2D eigenvalue weighted by Gasteiger charge is -2.22. The van der Waals surface area contributed by atoms with Crippen LogP contribution in [-0.4, -0.2) is 37.6 Å². The summed E-state index contributed by atoms with van der Waals surface area (Å²) in [6, 6.07) is 2.80. The molecule has 1 saturated heterocycles. The van der Waals surface area contributed by atoms with E-state index in [2.05, 4.69) is 15.5 Å². The number of amides is 3. The lowest BCUT2D eigenvalue weighted by Crippen LogP contribution is -2.41. The molecule has 3 amide bonds. The first-order chi connectivity index (χ1) is 11.4. The van der Waals surface area contributed by atoms with Crippen LogP contribution in [0.5, 0.6) is 0 Å². The van der Waals surface area contributed by atoms with Crippen molar-refractivity contribution in [3.05, 3.63) is 47.0 Å². The van der Waals surface area contributed by atoms with E-state index in [0.29, 0.717) is 6.54 Å². The van der Waals surface area contributed by atoms with Crippen LogP contribution in [0.3, 0.4) is 0 Å². The van der Waals surface area contributed by atoms with Gasteiger partial charge in [0, 0.05) is 6.54 Å². The first-order valence-electron chi connectivity index (χ1n) is 7.92. The summed E-state index contributed by atoms with van der Waals surface area (Å²) in [7, 11) is 0. The van der Waals surface area contributed by atoms with E-state index in [1.165, 1.54) is 4.90 Å². The molecular weight excluding hydrogens is 306 g/mol. The van der Waals surface area contributed by atoms with Crippen molar-refractivity contribution in [1.29, 1.82) is 0 Å². The minimum absolute atomic E-state index is 0.212. The Labute approximate surface area is 140 Å². The molecule has 126 valence electrons. The zero-order valence-corrected chi connectivity index (χ0v) is 14.3. The molecule has 3 rings (SSSR count). The van der Waals surface area contributed by atoms with Gasteiger partial charge >= 0.3 is 6.03 Å². The van der Waals surface area contributed by atoms with Crippen molar-refractivity contribution < 1.29 is 9.59 Å². The molecule has 0 aliphatic carbocycles. The van der Waals surface area contributed by atoms with Crippen molar-refractivity contribution in [2.24, 2.45) is 0 Å². The third-order valence-electron chi connectivity index (χ3n) is 4.38. The molecule has 1 fully saturated rings. The number of aromatic nitrogens is 3. The van der Waals surface area contributed by atoms with Gasteiger partial charge in [0.05, 0.1) is 6.04 Å². The third-order valence-corrected chi connectivity index (χ3v) is 4.38. The average molecular weight is 327 g/mol. The van der Waals surface area contributed by atoms with Gasteiger partial charge in [-0.1, -0.05) is 17.7 Å². The molecule has 1 aliphatic heterocycles. The van der Waals surface area contributed by atoms with Crippen LogP contribution in [0.25, 0.3) is 0 Å². The van der Waals surface area contributed by atoms with Gasteiger partial charge in [0.15, 0.2) is 0 Å². The summed E-state index contributed by atoms with van der Waals surface area (Å²) in [4.78, 5) is 26.6. The molecule has 1 aliphatic rings. The van der Waals surface area contributed by atoms with Crippen LogP contribution >= 0.6 is 0 Å². The Balaban J connectivity index is 1.87. The predicted molar refractivity (Wildman–Crippen MR) is 88.3 cm³/mol. The van der Waals surface area contributed by atoms with Crippen LogP contribution < -0.4 is 5.32 Å². The predicted octanol–water partition coefficient (Wildman–Crippen LogP) is 1.88. The minimum Gasteiger partial charge on any atom is -0.322 e. The van der Waals surface area contributed by atoms with Crippen molar-refractivity contribution in [3.63, 3.8) is 0 Å². The van der Waals surface area contributed by atoms with E-state index < -0.39 is 6.04 Å². The number of imide groups is 1. The van der Waals surface area contributed by atoms with Gasteiger partial charge < -0.3 is 9.88 Å². The minimum atomic E-state index is -0.624. The number of aryl methyl sites for hydroxylation is 3. The highest BCUT2D eigenvalue weighted by atomic mass is 16.2. The quantitative estimate of drug-likeness (QED) is 0.870. The first kappa shape index (κ1) is 16.2. The summed E-state index contributed by atoms with van der Waals surface area (Å²) in [6.07, 6.45) is 3.14. The van der Waals surface area contributed by atoms with E-state index in [9.17, 15) is 9.59 Å². The van der Waals surface area contributed by atoms with E-state index in [-0.39, 0.29) is 18.0 Å². The molecule has 0 bridgehead atoms. The van der Waals surface area contributed by atoms with Crippen LogP contribution in [0.1, 0.15) is 35.2 Å². The molecule has 0 saturated carbocycles. The number of benzene rings is 1. The van der Waals surface area contributed by atoms with E-state index in [1.54, 1.807) is 17.2 Å². The smallest absolute Gasteiger partial charge is 0.322 e. The van der Waals surface area contributed by atoms with E-state index in [0.717, 1.165) is 22.3 Å². The Morgan fingerprint density at radius 3 is 2.29 bits per heavy atom. The highest BCUT2D eigenvalue weighted by Crippen LogP contribution is 2.29. The van der Waals surface area contributed by atoms with Crippen molar-refractivity contribution in [3.8, 4) is 0 Å². The summed E-state index contributed by atoms with van der Waals surface area (Å²) in [6.45, 7) is 8.27. The van der Waals surface area contributed by atoms with Gasteiger partial charge in [-0.2, -0.15) is 0 Å². The van der Waals surface area contributed by atoms with Crippen molar-refractivity contribution in [2.75, 3.05) is 0 Å². The maximum absolute atomic E-state index is 12.9. The van der Waals surface area contributed by atoms with Gasteiger partial charge in [0.2, 0.25) is 0 Å². The molecule has 1 aromatic heterocycles. The van der Waals surface area contributed by atoms with Crippen LogP contribution in [0, 0.1) is 20.8 Å². The molecule has 7 nitrogen and oxygen atoms in total. The standard InChI is InChI=1S/C17H21N5O2/c1-10-5-11(2)14(12(3)6-10)15-16(23)22(17(24)20-15)13(4)7-21-8-18-19-9-21/h5-6,8-9,13,15H,7H2,1-4H3,(H,20,24)/t13-,15+/m0/s1. The Kier molecular flexibility index (Phi) is 4.09. The topological polar surface area (TPSA) is 80.1 Å². The SMILES string of the molecule is Cc1cc(C)c([C@H]2NC(=O)N([C@@H](C)Cn3cnnc3)C2=O)c(C)c1. The largest absolute Gasteiger partial charge is 0.325 e. The van der Waals surface area contributed by atoms with Crippen LogP contribution in [0.2, 0.25) is 0 Å². The fourth-order valence-corrected chi connectivity index (χ4v) is 3.46. The molecule has 7 heteroatoms. The molecule has 0 unspecified atom stereocenters. The summed E-state index contributed by atoms with van der Waals surface area (Å²) in [5.41, 5.74) is 4.06. The molecule has 0 radical (unpaired) electrons. The number of hydrogen-bond acceptors (Lipinski definition) is 4. The summed E-state index contributed by atoms with van der Waals surface area (Å²) in [5, 5.41) is 10.3. The molecule has 1 aromatic carbocycles. The molecule has 0 spiro atoms. The van der Waals surface area contributed by atoms with Gasteiger partial charge in [-0.15, -0.1) is 10.2 Å². The van der Waals surface area contributed by atoms with Crippen LogP contribution in [-0.2, 0) is 11.3 Å². The first-order valence-corrected chi connectivity index (χ1v) is 7.92. The van der Waals surface area contributed by atoms with Gasteiger partial charge in [0.25, 0.3) is 5.91 Å². The van der Waals surface area contributed by atoms with Gasteiger partial charge in [-0.25, -0.2) is 4.79 Å². The van der Waals surface area contributed by atoms with Crippen molar-refractivity contribution in [1.82, 2.24) is 25.0 Å². The lowest BCUT2D eigenvalue weighted by molar-refractivity contribution is -0.129. The monoisotopic (exact) mass is 327 g/mol. The Bertz CT molecular complexity index is 761. The molecular formula is C17H21N5O2. The molecule has 1 N–H and O–H groups in total. The number of nitrogens with zero attached hydrogens (tertiary/aromatic N) is 4. The third kappa shape index (κ3) is 2.77. The summed E-state index contributed by atoms with van der Waals surface area (Å²) >= 11 is 0. The Hall–Kier alpha value is -2.70. The lowest BCUT2D eigenvalue weighted by atomic mass is 9.94. The number of carbonyl (C=O) groups excluding carboxylic acids is 2. The zero-order valence-electron chi connectivity index (χ0n) is 14.3. The fourth-order valence-electron chi connectivity index (χ4n) is 3.46. The maximum Gasteiger partial charge on any atom is 0.325 e. The Morgan fingerprint density at radius 1 is 1.12 bits per heavy atom. The number of urea groups is 1. The van der Waals surface area contributed by atoms with Gasteiger partial charge in [-0.05, 0) is 44.4 Å². The number of rotatable bonds is 4. The normalized spacial score (nSPS) is 18.8. The second-order valence-corrected chi connectivity index (χ2v) is 6.41. The van der Waals surface area contributed by atoms with Crippen molar-refractivity contribution in [2.45, 2.75) is 46.3 Å². The van der Waals surface area contributed by atoms with E-state index in [4.69, 9.17) is 0 Å².